The van der Waals surface area contributed by atoms with Gasteiger partial charge in [0.25, 0.3) is 0 Å². The monoisotopic (exact) mass is 469 g/mol. The van der Waals surface area contributed by atoms with Crippen LogP contribution in [0.25, 0.3) is 21.9 Å². The van der Waals surface area contributed by atoms with E-state index in [4.69, 9.17) is 16.0 Å². The van der Waals surface area contributed by atoms with Crippen LogP contribution in [0, 0.1) is 5.82 Å². The summed E-state index contributed by atoms with van der Waals surface area (Å²) in [4.78, 5) is 26.0. The lowest BCUT2D eigenvalue weighted by Crippen LogP contribution is -2.46. The molecule has 9 heteroatoms. The molecule has 2 aromatic carbocycles. The molecule has 7 nitrogen and oxygen atoms in total. The van der Waals surface area contributed by atoms with E-state index >= 15 is 4.39 Å². The number of aryl methyl sites for hydroxylation is 1. The number of nitrogens with one attached hydrogen (secondary N) is 1. The first-order valence-corrected chi connectivity index (χ1v) is 11.0. The molecule has 0 amide bonds. The number of anilines is 1. The van der Waals surface area contributed by atoms with Crippen LogP contribution >= 0.6 is 11.6 Å². The number of furan rings is 1. The van der Waals surface area contributed by atoms with Gasteiger partial charge in [-0.15, -0.1) is 0 Å². The Morgan fingerprint density at radius 3 is 2.88 bits per heavy atom. The number of fused-ring (bicyclic) bond motifs is 2. The van der Waals surface area contributed by atoms with Crippen molar-refractivity contribution in [3.05, 3.63) is 75.0 Å². The molecule has 1 unspecified atom stereocenters. The van der Waals surface area contributed by atoms with Gasteiger partial charge in [0, 0.05) is 48.2 Å². The van der Waals surface area contributed by atoms with Gasteiger partial charge in [-0.05, 0) is 43.3 Å². The SMILES string of the molecule is CCn1cc(C(=O)O)c(=O)c2cc(F)c(N3CCNC(c4cc5cc(Cl)ccc5o4)C3)cc21. The van der Waals surface area contributed by atoms with E-state index in [1.54, 1.807) is 16.7 Å². The molecule has 3 heterocycles. The number of aromatic carboxylic acids is 1. The Bertz CT molecular complexity index is 1460. The summed E-state index contributed by atoms with van der Waals surface area (Å²) in [6.45, 7) is 3.91. The van der Waals surface area contributed by atoms with Gasteiger partial charge < -0.3 is 24.3 Å². The zero-order valence-corrected chi connectivity index (χ0v) is 18.5. The number of piperazine rings is 1. The molecule has 0 spiro atoms. The minimum atomic E-state index is -1.33. The standard InChI is InChI=1S/C24H21ClFN3O4/c1-2-28-11-16(24(31)32)23(30)15-9-17(26)20(10-19(15)28)29-6-5-27-18(12-29)22-8-13-7-14(25)3-4-21(13)33-22/h3-4,7-11,18,27H,2,5-6,12H2,1H3,(H,31,32). The van der Waals surface area contributed by atoms with E-state index in [1.807, 2.05) is 30.0 Å². The summed E-state index contributed by atoms with van der Waals surface area (Å²) in [6, 6.07) is 9.96. The average molecular weight is 470 g/mol. The zero-order chi connectivity index (χ0) is 23.3. The zero-order valence-electron chi connectivity index (χ0n) is 17.8. The molecule has 0 radical (unpaired) electrons. The molecule has 1 atom stereocenters. The van der Waals surface area contributed by atoms with Crippen molar-refractivity contribution in [2.75, 3.05) is 24.5 Å². The molecular weight excluding hydrogens is 449 g/mol. The molecule has 0 saturated carbocycles. The number of carboxylic acid groups (broad SMARTS) is 1. The number of carbonyl (C=O) groups is 1. The topological polar surface area (TPSA) is 87.7 Å². The highest BCUT2D eigenvalue weighted by Gasteiger charge is 2.26. The first-order valence-electron chi connectivity index (χ1n) is 10.6. The molecule has 4 aromatic rings. The maximum Gasteiger partial charge on any atom is 0.341 e. The first kappa shape index (κ1) is 21.5. The van der Waals surface area contributed by atoms with E-state index < -0.39 is 17.2 Å². The molecule has 1 fully saturated rings. The van der Waals surface area contributed by atoms with Crippen molar-refractivity contribution in [1.82, 2.24) is 9.88 Å². The van der Waals surface area contributed by atoms with E-state index in [1.165, 1.54) is 6.20 Å². The van der Waals surface area contributed by atoms with Crippen molar-refractivity contribution in [3.8, 4) is 0 Å². The maximum atomic E-state index is 15.2. The maximum absolute atomic E-state index is 15.2. The van der Waals surface area contributed by atoms with Crippen molar-refractivity contribution < 1.29 is 18.7 Å². The quantitative estimate of drug-likeness (QED) is 0.460. The smallest absolute Gasteiger partial charge is 0.341 e. The van der Waals surface area contributed by atoms with E-state index in [9.17, 15) is 14.7 Å². The van der Waals surface area contributed by atoms with Crippen LogP contribution in [0.1, 0.15) is 29.1 Å². The second-order valence-electron chi connectivity index (χ2n) is 8.07. The summed E-state index contributed by atoms with van der Waals surface area (Å²) in [7, 11) is 0. The van der Waals surface area contributed by atoms with Gasteiger partial charge in [-0.25, -0.2) is 9.18 Å². The lowest BCUT2D eigenvalue weighted by atomic mass is 10.1. The number of hydrogen-bond donors (Lipinski definition) is 2. The van der Waals surface area contributed by atoms with Crippen molar-refractivity contribution in [2.24, 2.45) is 0 Å². The van der Waals surface area contributed by atoms with Gasteiger partial charge in [-0.3, -0.25) is 4.79 Å². The molecule has 1 saturated heterocycles. The lowest BCUT2D eigenvalue weighted by molar-refractivity contribution is 0.0695. The van der Waals surface area contributed by atoms with Gasteiger partial charge in [0.15, 0.2) is 0 Å². The minimum Gasteiger partial charge on any atom is -0.477 e. The summed E-state index contributed by atoms with van der Waals surface area (Å²) in [5.74, 6) is -1.16. The number of rotatable bonds is 4. The van der Waals surface area contributed by atoms with Gasteiger partial charge in [-0.1, -0.05) is 11.6 Å². The van der Waals surface area contributed by atoms with Crippen LogP contribution in [-0.2, 0) is 6.54 Å². The van der Waals surface area contributed by atoms with E-state index in [2.05, 4.69) is 5.32 Å². The van der Waals surface area contributed by atoms with Crippen molar-refractivity contribution in [1.29, 1.82) is 0 Å². The third-order valence-electron chi connectivity index (χ3n) is 6.08. The Labute approximate surface area is 193 Å². The third-order valence-corrected chi connectivity index (χ3v) is 6.31. The number of benzene rings is 2. The number of hydrogen-bond acceptors (Lipinski definition) is 5. The fraction of sp³-hybridized carbons (Fsp3) is 0.250. The molecule has 2 aromatic heterocycles. The highest BCUT2D eigenvalue weighted by Crippen LogP contribution is 2.31. The van der Waals surface area contributed by atoms with Gasteiger partial charge >= 0.3 is 5.97 Å². The van der Waals surface area contributed by atoms with Crippen LogP contribution < -0.4 is 15.6 Å². The van der Waals surface area contributed by atoms with E-state index in [0.29, 0.717) is 42.4 Å². The number of halogens is 2. The molecule has 0 aliphatic carbocycles. The Morgan fingerprint density at radius 1 is 1.30 bits per heavy atom. The minimum absolute atomic E-state index is 0.0545. The Hall–Kier alpha value is -3.36. The molecule has 1 aliphatic rings. The van der Waals surface area contributed by atoms with Crippen LogP contribution in [0.4, 0.5) is 10.1 Å². The van der Waals surface area contributed by atoms with Gasteiger partial charge in [-0.2, -0.15) is 0 Å². The van der Waals surface area contributed by atoms with Gasteiger partial charge in [0.1, 0.15) is 22.7 Å². The highest BCUT2D eigenvalue weighted by atomic mass is 35.5. The first-order chi connectivity index (χ1) is 15.9. The molecule has 5 rings (SSSR count). The Kier molecular flexibility index (Phi) is 5.34. The van der Waals surface area contributed by atoms with Crippen LogP contribution in [0.2, 0.25) is 5.02 Å². The Morgan fingerprint density at radius 2 is 2.12 bits per heavy atom. The summed E-state index contributed by atoms with van der Waals surface area (Å²) in [5.41, 5.74) is 0.525. The Balaban J connectivity index is 1.53. The predicted octanol–water partition coefficient (Wildman–Crippen LogP) is 4.41. The number of aromatic nitrogens is 1. The van der Waals surface area contributed by atoms with Crippen molar-refractivity contribution in [2.45, 2.75) is 19.5 Å². The van der Waals surface area contributed by atoms with Gasteiger partial charge in [0.2, 0.25) is 5.43 Å². The van der Waals surface area contributed by atoms with Crippen molar-refractivity contribution >= 4 is 45.1 Å². The number of nitrogens with zero attached hydrogens (tertiary/aromatic N) is 2. The molecule has 0 bridgehead atoms. The summed E-state index contributed by atoms with van der Waals surface area (Å²) in [5, 5.41) is 14.3. The highest BCUT2D eigenvalue weighted by molar-refractivity contribution is 6.31. The van der Waals surface area contributed by atoms with E-state index in [-0.39, 0.29) is 17.0 Å². The molecule has 1 aliphatic heterocycles. The second-order valence-corrected chi connectivity index (χ2v) is 8.50. The lowest BCUT2D eigenvalue weighted by Gasteiger charge is -2.34. The largest absolute Gasteiger partial charge is 0.477 e. The molecular formula is C24H21ClFN3O4. The second kappa shape index (κ2) is 8.20. The molecule has 2 N–H and O–H groups in total. The normalized spacial score (nSPS) is 16.6. The summed E-state index contributed by atoms with van der Waals surface area (Å²) < 4.78 is 22.8. The molecule has 33 heavy (non-hydrogen) atoms. The van der Waals surface area contributed by atoms with Crippen LogP contribution in [-0.4, -0.2) is 35.3 Å². The fourth-order valence-corrected chi connectivity index (χ4v) is 4.60. The number of carboxylic acids is 1. The fourth-order valence-electron chi connectivity index (χ4n) is 4.42. The van der Waals surface area contributed by atoms with E-state index in [0.717, 1.165) is 22.8 Å². The number of pyridine rings is 1. The van der Waals surface area contributed by atoms with Gasteiger partial charge in [0.05, 0.1) is 17.2 Å². The molecule has 170 valence electrons. The third kappa shape index (κ3) is 3.75. The summed E-state index contributed by atoms with van der Waals surface area (Å²) in [6.07, 6.45) is 1.31. The summed E-state index contributed by atoms with van der Waals surface area (Å²) >= 11 is 6.08. The van der Waals surface area contributed by atoms with Crippen molar-refractivity contribution in [3.63, 3.8) is 0 Å². The van der Waals surface area contributed by atoms with Crippen LogP contribution in [0.3, 0.4) is 0 Å². The predicted molar refractivity (Wildman–Crippen MR) is 125 cm³/mol. The van der Waals surface area contributed by atoms with Crippen LogP contribution in [0.15, 0.2) is 51.8 Å². The van der Waals surface area contributed by atoms with Crippen LogP contribution in [0.5, 0.6) is 0 Å². The average Bonchev–Trinajstić information content (AvgIpc) is 3.22.